The summed E-state index contributed by atoms with van der Waals surface area (Å²) in [7, 11) is 0. The molecule has 1 fully saturated rings. The van der Waals surface area contributed by atoms with E-state index in [1.165, 1.54) is 0 Å². The van der Waals surface area contributed by atoms with E-state index in [1.807, 2.05) is 54.8 Å². The molecule has 2 aromatic rings. The minimum Gasteiger partial charge on any atom is -0.494 e. The molecule has 1 atom stereocenters. The predicted molar refractivity (Wildman–Crippen MR) is 88.2 cm³/mol. The Morgan fingerprint density at radius 2 is 1.91 bits per heavy atom. The third kappa shape index (κ3) is 2.79. The van der Waals surface area contributed by atoms with Gasteiger partial charge in [0.2, 0.25) is 0 Å². The van der Waals surface area contributed by atoms with Gasteiger partial charge < -0.3 is 15.0 Å². The second-order valence-corrected chi connectivity index (χ2v) is 5.83. The van der Waals surface area contributed by atoms with Crippen LogP contribution in [0.4, 0.5) is 0 Å². The van der Waals surface area contributed by atoms with E-state index in [0.29, 0.717) is 18.2 Å². The number of benzene rings is 1. The molecule has 1 aromatic heterocycles. The molecule has 0 amide bonds. The minimum absolute atomic E-state index is 0.0453. The maximum absolute atomic E-state index is 12.7. The molecule has 4 nitrogen and oxygen atoms in total. The number of pyridine rings is 1. The fraction of sp³-hybridized carbons (Fsp3) is 0.389. The first-order valence-electron chi connectivity index (χ1n) is 7.86. The summed E-state index contributed by atoms with van der Waals surface area (Å²) in [5.41, 5.74) is 8.63. The Morgan fingerprint density at radius 1 is 1.23 bits per heavy atom. The maximum Gasteiger partial charge on any atom is 0.256 e. The molecule has 0 bridgehead atoms. The second kappa shape index (κ2) is 5.97. The lowest BCUT2D eigenvalue weighted by Gasteiger charge is -2.16. The van der Waals surface area contributed by atoms with Crippen LogP contribution in [0.25, 0.3) is 11.3 Å². The van der Waals surface area contributed by atoms with E-state index in [9.17, 15) is 4.79 Å². The summed E-state index contributed by atoms with van der Waals surface area (Å²) in [6.07, 6.45) is 2.12. The first kappa shape index (κ1) is 14.9. The number of hydrogen-bond acceptors (Lipinski definition) is 3. The van der Waals surface area contributed by atoms with Crippen molar-refractivity contribution >= 4 is 0 Å². The molecule has 1 aromatic carbocycles. The van der Waals surface area contributed by atoms with Crippen LogP contribution in [0.5, 0.6) is 5.75 Å². The Labute approximate surface area is 130 Å². The Kier molecular flexibility index (Phi) is 4.03. The summed E-state index contributed by atoms with van der Waals surface area (Å²) in [5.74, 6) is 0.846. The van der Waals surface area contributed by atoms with Gasteiger partial charge in [0.25, 0.3) is 5.56 Å². The molecule has 0 saturated heterocycles. The van der Waals surface area contributed by atoms with E-state index in [0.717, 1.165) is 29.8 Å². The summed E-state index contributed by atoms with van der Waals surface area (Å²) in [5, 5.41) is 0. The van der Waals surface area contributed by atoms with Gasteiger partial charge in [-0.1, -0.05) is 0 Å². The number of nitrogens with two attached hydrogens (primary N) is 1. The molecular formula is C18H22N2O2. The average Bonchev–Trinajstić information content (AvgIpc) is 3.32. The predicted octanol–water partition coefficient (Wildman–Crippen LogP) is 3.27. The monoisotopic (exact) mass is 298 g/mol. The van der Waals surface area contributed by atoms with Gasteiger partial charge in [0.1, 0.15) is 5.75 Å². The van der Waals surface area contributed by atoms with Crippen LogP contribution in [0.2, 0.25) is 0 Å². The molecule has 1 unspecified atom stereocenters. The maximum atomic E-state index is 12.7. The van der Waals surface area contributed by atoms with Gasteiger partial charge in [-0.2, -0.15) is 0 Å². The van der Waals surface area contributed by atoms with Gasteiger partial charge in [0.15, 0.2) is 0 Å². The third-order valence-electron chi connectivity index (χ3n) is 4.01. The van der Waals surface area contributed by atoms with Crippen molar-refractivity contribution in [2.24, 2.45) is 5.73 Å². The number of nitrogens with zero attached hydrogens (tertiary/aromatic N) is 1. The molecule has 1 saturated carbocycles. The molecule has 0 radical (unpaired) electrons. The van der Waals surface area contributed by atoms with Gasteiger partial charge in [0, 0.05) is 17.6 Å². The zero-order chi connectivity index (χ0) is 15.7. The van der Waals surface area contributed by atoms with E-state index in [4.69, 9.17) is 10.5 Å². The highest BCUT2D eigenvalue weighted by Crippen LogP contribution is 2.37. The van der Waals surface area contributed by atoms with E-state index in [2.05, 4.69) is 0 Å². The van der Waals surface area contributed by atoms with Crippen molar-refractivity contribution in [3.63, 3.8) is 0 Å². The summed E-state index contributed by atoms with van der Waals surface area (Å²) in [4.78, 5) is 12.7. The van der Waals surface area contributed by atoms with Crippen LogP contribution in [-0.4, -0.2) is 11.2 Å². The third-order valence-corrected chi connectivity index (χ3v) is 4.01. The highest BCUT2D eigenvalue weighted by molar-refractivity contribution is 5.61. The SMILES string of the molecule is CCOc1ccc(-c2ccc(C(C)N)c(=O)n2C2CC2)cc1. The molecule has 2 N–H and O–H groups in total. The largest absolute Gasteiger partial charge is 0.494 e. The fourth-order valence-electron chi connectivity index (χ4n) is 2.73. The van der Waals surface area contributed by atoms with Crippen LogP contribution in [-0.2, 0) is 0 Å². The van der Waals surface area contributed by atoms with Crippen molar-refractivity contribution in [3.05, 3.63) is 52.3 Å². The van der Waals surface area contributed by atoms with E-state index < -0.39 is 0 Å². The average molecular weight is 298 g/mol. The summed E-state index contributed by atoms with van der Waals surface area (Å²) >= 11 is 0. The lowest BCUT2D eigenvalue weighted by molar-refractivity contribution is 0.340. The van der Waals surface area contributed by atoms with Crippen molar-refractivity contribution in [1.29, 1.82) is 0 Å². The Balaban J connectivity index is 2.06. The van der Waals surface area contributed by atoms with Gasteiger partial charge in [-0.25, -0.2) is 0 Å². The standard InChI is InChI=1S/C18H22N2O2/c1-3-22-15-8-4-13(5-9-15)17-11-10-16(12(2)19)18(21)20(17)14-6-7-14/h4-5,8-12,14H,3,6-7,19H2,1-2H3. The second-order valence-electron chi connectivity index (χ2n) is 5.83. The van der Waals surface area contributed by atoms with Gasteiger partial charge in [-0.15, -0.1) is 0 Å². The number of hydrogen-bond donors (Lipinski definition) is 1. The van der Waals surface area contributed by atoms with E-state index in [1.54, 1.807) is 0 Å². The summed E-state index contributed by atoms with van der Waals surface area (Å²) in [6, 6.07) is 11.8. The zero-order valence-electron chi connectivity index (χ0n) is 13.1. The fourth-order valence-corrected chi connectivity index (χ4v) is 2.73. The normalized spacial score (nSPS) is 15.6. The van der Waals surface area contributed by atoms with Crippen LogP contribution >= 0.6 is 0 Å². The van der Waals surface area contributed by atoms with Crippen LogP contribution < -0.4 is 16.0 Å². The molecule has 0 aliphatic heterocycles. The topological polar surface area (TPSA) is 57.2 Å². The lowest BCUT2D eigenvalue weighted by atomic mass is 10.1. The van der Waals surface area contributed by atoms with Crippen LogP contribution in [0, 0.1) is 0 Å². The van der Waals surface area contributed by atoms with Gasteiger partial charge in [0.05, 0.1) is 12.3 Å². The summed E-state index contributed by atoms with van der Waals surface area (Å²) in [6.45, 7) is 4.46. The Hall–Kier alpha value is -2.07. The van der Waals surface area contributed by atoms with Crippen molar-refractivity contribution in [2.75, 3.05) is 6.61 Å². The van der Waals surface area contributed by atoms with E-state index >= 15 is 0 Å². The Bertz CT molecular complexity index is 713. The minimum atomic E-state index is -0.244. The number of aromatic nitrogens is 1. The van der Waals surface area contributed by atoms with Gasteiger partial charge in [-0.3, -0.25) is 4.79 Å². The lowest BCUT2D eigenvalue weighted by Crippen LogP contribution is -2.27. The number of ether oxygens (including phenoxy) is 1. The zero-order valence-corrected chi connectivity index (χ0v) is 13.1. The quantitative estimate of drug-likeness (QED) is 0.921. The van der Waals surface area contributed by atoms with Crippen LogP contribution in [0.1, 0.15) is 44.3 Å². The molecule has 3 rings (SSSR count). The van der Waals surface area contributed by atoms with Gasteiger partial charge in [-0.05, 0) is 68.7 Å². The van der Waals surface area contributed by atoms with Crippen LogP contribution in [0.3, 0.4) is 0 Å². The van der Waals surface area contributed by atoms with E-state index in [-0.39, 0.29) is 11.6 Å². The van der Waals surface area contributed by atoms with Crippen molar-refractivity contribution in [3.8, 4) is 17.0 Å². The molecule has 116 valence electrons. The number of rotatable bonds is 5. The molecule has 22 heavy (non-hydrogen) atoms. The molecular weight excluding hydrogens is 276 g/mol. The molecule has 0 spiro atoms. The molecule has 1 heterocycles. The first-order chi connectivity index (χ1) is 10.6. The highest BCUT2D eigenvalue weighted by Gasteiger charge is 2.28. The Morgan fingerprint density at radius 3 is 2.45 bits per heavy atom. The van der Waals surface area contributed by atoms with Crippen molar-refractivity contribution in [1.82, 2.24) is 4.57 Å². The van der Waals surface area contributed by atoms with Crippen molar-refractivity contribution in [2.45, 2.75) is 38.8 Å². The first-order valence-corrected chi connectivity index (χ1v) is 7.86. The molecule has 4 heteroatoms. The summed E-state index contributed by atoms with van der Waals surface area (Å²) < 4.78 is 7.39. The van der Waals surface area contributed by atoms with Crippen molar-refractivity contribution < 1.29 is 4.74 Å². The van der Waals surface area contributed by atoms with Gasteiger partial charge >= 0.3 is 0 Å². The van der Waals surface area contributed by atoms with Crippen LogP contribution in [0.15, 0.2) is 41.2 Å². The molecule has 1 aliphatic carbocycles. The highest BCUT2D eigenvalue weighted by atomic mass is 16.5. The molecule has 1 aliphatic rings. The smallest absolute Gasteiger partial charge is 0.256 e.